The maximum Gasteiger partial charge on any atom is 0.254 e. The van der Waals surface area contributed by atoms with E-state index in [1.807, 2.05) is 19.1 Å². The minimum Gasteiger partial charge on any atom is -0.349 e. The van der Waals surface area contributed by atoms with E-state index in [2.05, 4.69) is 10.3 Å². The molecule has 0 aliphatic heterocycles. The van der Waals surface area contributed by atoms with Crippen molar-refractivity contribution in [1.82, 2.24) is 15.2 Å². The molecule has 1 aliphatic rings. The average Bonchev–Trinajstić information content (AvgIpc) is 3.44. The molecule has 1 aliphatic carbocycles. The molecule has 1 N–H and O–H groups in total. The van der Waals surface area contributed by atoms with E-state index in [4.69, 9.17) is 0 Å². The van der Waals surface area contributed by atoms with Crippen LogP contribution in [-0.2, 0) is 0 Å². The van der Waals surface area contributed by atoms with Crippen LogP contribution in [0.15, 0.2) is 48.8 Å². The Balaban J connectivity index is 1.75. The van der Waals surface area contributed by atoms with Gasteiger partial charge in [0.2, 0.25) is 0 Å². The summed E-state index contributed by atoms with van der Waals surface area (Å²) < 4.78 is 0. The van der Waals surface area contributed by atoms with Crippen molar-refractivity contribution >= 4 is 11.8 Å². The Hall–Kier alpha value is -2.69. The fourth-order valence-corrected chi connectivity index (χ4v) is 2.52. The summed E-state index contributed by atoms with van der Waals surface area (Å²) in [5, 5.41) is 2.94. The van der Waals surface area contributed by atoms with E-state index in [1.54, 1.807) is 48.6 Å². The number of hydrogen-bond donors (Lipinski definition) is 1. The normalized spacial score (nSPS) is 14.8. The standard InChI is InChI=1S/C19H21N3O2/c1-13(16-7-4-10-20-12-16)22(2)19(24)15-6-3-5-14(11-15)18(23)21-17-8-9-17/h3-7,10-13,17H,8-9H2,1-2H3,(H,21,23). The van der Waals surface area contributed by atoms with Crippen LogP contribution < -0.4 is 5.32 Å². The summed E-state index contributed by atoms with van der Waals surface area (Å²) in [6, 6.07) is 10.9. The molecule has 1 atom stereocenters. The van der Waals surface area contributed by atoms with Gasteiger partial charge in [-0.2, -0.15) is 0 Å². The zero-order valence-corrected chi connectivity index (χ0v) is 13.9. The monoisotopic (exact) mass is 323 g/mol. The van der Waals surface area contributed by atoms with E-state index in [0.29, 0.717) is 17.2 Å². The van der Waals surface area contributed by atoms with Gasteiger partial charge in [-0.25, -0.2) is 0 Å². The molecule has 2 amide bonds. The molecule has 0 bridgehead atoms. The Bertz CT molecular complexity index is 741. The van der Waals surface area contributed by atoms with Crippen LogP contribution in [-0.4, -0.2) is 34.8 Å². The highest BCUT2D eigenvalue weighted by molar-refractivity contribution is 5.99. The third-order valence-electron chi connectivity index (χ3n) is 4.35. The number of benzene rings is 1. The third-order valence-corrected chi connectivity index (χ3v) is 4.35. The fourth-order valence-electron chi connectivity index (χ4n) is 2.52. The molecule has 0 saturated heterocycles. The van der Waals surface area contributed by atoms with Crippen molar-refractivity contribution in [3.05, 3.63) is 65.5 Å². The molecular weight excluding hydrogens is 302 g/mol. The second-order valence-electron chi connectivity index (χ2n) is 6.21. The molecule has 5 nitrogen and oxygen atoms in total. The van der Waals surface area contributed by atoms with Gasteiger partial charge in [0.25, 0.3) is 11.8 Å². The quantitative estimate of drug-likeness (QED) is 0.920. The number of hydrogen-bond acceptors (Lipinski definition) is 3. The zero-order valence-electron chi connectivity index (χ0n) is 13.9. The first kappa shape index (κ1) is 16.2. The van der Waals surface area contributed by atoms with E-state index in [-0.39, 0.29) is 17.9 Å². The van der Waals surface area contributed by atoms with E-state index < -0.39 is 0 Å². The first-order valence-corrected chi connectivity index (χ1v) is 8.14. The van der Waals surface area contributed by atoms with Gasteiger partial charge < -0.3 is 10.2 Å². The molecule has 1 heterocycles. The van der Waals surface area contributed by atoms with E-state index in [9.17, 15) is 9.59 Å². The highest BCUT2D eigenvalue weighted by atomic mass is 16.2. The lowest BCUT2D eigenvalue weighted by Gasteiger charge is -2.25. The molecule has 1 fully saturated rings. The van der Waals surface area contributed by atoms with Gasteiger partial charge in [0, 0.05) is 36.6 Å². The SMILES string of the molecule is CC(c1cccnc1)N(C)C(=O)c1cccc(C(=O)NC2CC2)c1. The summed E-state index contributed by atoms with van der Waals surface area (Å²) in [4.78, 5) is 30.7. The smallest absolute Gasteiger partial charge is 0.254 e. The van der Waals surface area contributed by atoms with Gasteiger partial charge >= 0.3 is 0 Å². The lowest BCUT2D eigenvalue weighted by molar-refractivity contribution is 0.0742. The molecule has 1 unspecified atom stereocenters. The van der Waals surface area contributed by atoms with Gasteiger partial charge in [-0.1, -0.05) is 12.1 Å². The number of pyridine rings is 1. The van der Waals surface area contributed by atoms with Crippen molar-refractivity contribution in [2.45, 2.75) is 31.8 Å². The number of aromatic nitrogens is 1. The number of nitrogens with one attached hydrogen (secondary N) is 1. The predicted molar refractivity (Wildman–Crippen MR) is 91.7 cm³/mol. The second kappa shape index (κ2) is 6.83. The topological polar surface area (TPSA) is 62.3 Å². The molecule has 124 valence electrons. The van der Waals surface area contributed by atoms with Gasteiger partial charge in [-0.3, -0.25) is 14.6 Å². The number of amides is 2. The highest BCUT2D eigenvalue weighted by Crippen LogP contribution is 2.21. The van der Waals surface area contributed by atoms with E-state index in [1.165, 1.54) is 0 Å². The van der Waals surface area contributed by atoms with Crippen molar-refractivity contribution < 1.29 is 9.59 Å². The number of rotatable bonds is 5. The molecule has 0 radical (unpaired) electrons. The first-order chi connectivity index (χ1) is 11.6. The van der Waals surface area contributed by atoms with Crippen LogP contribution in [0.2, 0.25) is 0 Å². The van der Waals surface area contributed by atoms with Crippen molar-refractivity contribution in [2.75, 3.05) is 7.05 Å². The summed E-state index contributed by atoms with van der Waals surface area (Å²) in [5.41, 5.74) is 2.00. The predicted octanol–water partition coefficient (Wildman–Crippen LogP) is 2.81. The number of carbonyl (C=O) groups is 2. The van der Waals surface area contributed by atoms with Crippen LogP contribution >= 0.6 is 0 Å². The first-order valence-electron chi connectivity index (χ1n) is 8.14. The molecular formula is C19H21N3O2. The molecule has 0 spiro atoms. The zero-order chi connectivity index (χ0) is 17.1. The minimum absolute atomic E-state index is 0.102. The van der Waals surface area contributed by atoms with Gasteiger partial charge in [0.05, 0.1) is 6.04 Å². The summed E-state index contributed by atoms with van der Waals surface area (Å²) >= 11 is 0. The van der Waals surface area contributed by atoms with Crippen molar-refractivity contribution in [1.29, 1.82) is 0 Å². The summed E-state index contributed by atoms with van der Waals surface area (Å²) in [6.45, 7) is 1.96. The van der Waals surface area contributed by atoms with Crippen LogP contribution in [0.25, 0.3) is 0 Å². The van der Waals surface area contributed by atoms with E-state index in [0.717, 1.165) is 18.4 Å². The van der Waals surface area contributed by atoms with Gasteiger partial charge in [0.1, 0.15) is 0 Å². The maximum atomic E-state index is 12.7. The van der Waals surface area contributed by atoms with Crippen LogP contribution in [0.4, 0.5) is 0 Å². The lowest BCUT2D eigenvalue weighted by Crippen LogP contribution is -2.30. The molecule has 5 heteroatoms. The highest BCUT2D eigenvalue weighted by Gasteiger charge is 2.24. The van der Waals surface area contributed by atoms with Crippen molar-refractivity contribution in [3.8, 4) is 0 Å². The summed E-state index contributed by atoms with van der Waals surface area (Å²) in [7, 11) is 1.76. The summed E-state index contributed by atoms with van der Waals surface area (Å²) in [5.74, 6) is -0.234. The Morgan fingerprint density at radius 2 is 1.96 bits per heavy atom. The third kappa shape index (κ3) is 3.62. The van der Waals surface area contributed by atoms with Gasteiger partial charge in [-0.05, 0) is 49.6 Å². The average molecular weight is 323 g/mol. The molecule has 1 aromatic carbocycles. The van der Waals surface area contributed by atoms with Gasteiger partial charge in [-0.15, -0.1) is 0 Å². The Morgan fingerprint density at radius 3 is 2.62 bits per heavy atom. The molecule has 3 rings (SSSR count). The number of nitrogens with zero attached hydrogens (tertiary/aromatic N) is 2. The van der Waals surface area contributed by atoms with E-state index >= 15 is 0 Å². The largest absolute Gasteiger partial charge is 0.349 e. The number of carbonyl (C=O) groups excluding carboxylic acids is 2. The van der Waals surface area contributed by atoms with Crippen molar-refractivity contribution in [3.63, 3.8) is 0 Å². The van der Waals surface area contributed by atoms with Crippen LogP contribution in [0.1, 0.15) is 52.1 Å². The Kier molecular flexibility index (Phi) is 4.60. The van der Waals surface area contributed by atoms with Crippen LogP contribution in [0.5, 0.6) is 0 Å². The van der Waals surface area contributed by atoms with Crippen LogP contribution in [0, 0.1) is 0 Å². The Labute approximate surface area is 141 Å². The fraction of sp³-hybridized carbons (Fsp3) is 0.316. The van der Waals surface area contributed by atoms with Crippen molar-refractivity contribution in [2.24, 2.45) is 0 Å². The van der Waals surface area contributed by atoms with Crippen LogP contribution in [0.3, 0.4) is 0 Å². The molecule has 1 saturated carbocycles. The maximum absolute atomic E-state index is 12.7. The molecule has 24 heavy (non-hydrogen) atoms. The second-order valence-corrected chi connectivity index (χ2v) is 6.21. The van der Waals surface area contributed by atoms with Gasteiger partial charge in [0.15, 0.2) is 0 Å². The lowest BCUT2D eigenvalue weighted by atomic mass is 10.1. The minimum atomic E-state index is -0.118. The molecule has 1 aromatic heterocycles. The summed E-state index contributed by atoms with van der Waals surface area (Å²) in [6.07, 6.45) is 5.54. The Morgan fingerprint density at radius 1 is 1.21 bits per heavy atom. The molecule has 2 aromatic rings.